The number of rotatable bonds is 34. The van der Waals surface area contributed by atoms with E-state index in [0.29, 0.717) is 19.3 Å². The minimum atomic E-state index is -5.01. The van der Waals surface area contributed by atoms with Gasteiger partial charge in [-0.25, -0.2) is 9.42 Å². The maximum absolute atomic E-state index is 12.3. The Hall–Kier alpha value is -1.32. The molecule has 0 bridgehead atoms. The van der Waals surface area contributed by atoms with Crippen LogP contribution in [-0.4, -0.2) is 48.6 Å². The number of nitrogens with one attached hydrogen (secondary N) is 1. The lowest BCUT2D eigenvalue weighted by Gasteiger charge is -2.27. The van der Waals surface area contributed by atoms with Gasteiger partial charge in [-0.05, 0) is 25.7 Å². The second-order valence-electron chi connectivity index (χ2n) is 12.6. The van der Waals surface area contributed by atoms with Gasteiger partial charge in [-0.15, -0.1) is 0 Å². The molecule has 0 spiro atoms. The van der Waals surface area contributed by atoms with E-state index in [-0.39, 0.29) is 25.4 Å². The summed E-state index contributed by atoms with van der Waals surface area (Å²) in [6, 6.07) is 0. The fourth-order valence-electron chi connectivity index (χ4n) is 5.26. The van der Waals surface area contributed by atoms with Gasteiger partial charge in [0.1, 0.15) is 13.2 Å². The average molecular weight is 677 g/mol. The number of hydrogen-bond donors (Lipinski definition) is 2. The van der Waals surface area contributed by atoms with E-state index in [9.17, 15) is 24.2 Å². The molecule has 0 aromatic heterocycles. The van der Waals surface area contributed by atoms with E-state index in [1.54, 1.807) is 0 Å². The molecule has 0 saturated carbocycles. The molecule has 0 aliphatic carbocycles. The van der Waals surface area contributed by atoms with Crippen LogP contribution in [0, 0.1) is 0 Å². The monoisotopic (exact) mass is 676 g/mol. The molecular formula is C35H67NO9P-. The number of phosphoric acid groups is 1. The van der Waals surface area contributed by atoms with Gasteiger partial charge < -0.3 is 24.6 Å². The number of carbonyl (C=O) groups excluding carboxylic acids is 3. The molecule has 0 aromatic carbocycles. The predicted molar refractivity (Wildman–Crippen MR) is 180 cm³/mol. The summed E-state index contributed by atoms with van der Waals surface area (Å²) in [5, 5.41) is 2.94. The summed E-state index contributed by atoms with van der Waals surface area (Å²) in [6.07, 6.45) is 25.6. The minimum Gasteiger partial charge on any atom is -0.635 e. The summed E-state index contributed by atoms with van der Waals surface area (Å²) in [6.45, 7) is 4.05. The van der Waals surface area contributed by atoms with Gasteiger partial charge in [0, 0.05) is 25.8 Å². The molecule has 0 aliphatic heterocycles. The first-order valence-electron chi connectivity index (χ1n) is 18.5. The van der Waals surface area contributed by atoms with Gasteiger partial charge in [-0.2, -0.15) is 0 Å². The summed E-state index contributed by atoms with van der Waals surface area (Å²) < 4.78 is 14.9. The van der Waals surface area contributed by atoms with Gasteiger partial charge in [-0.1, -0.05) is 136 Å². The lowest BCUT2D eigenvalue weighted by molar-refractivity contribution is -0.362. The average Bonchev–Trinajstić information content (AvgIpc) is 3.01. The molecule has 46 heavy (non-hydrogen) atoms. The van der Waals surface area contributed by atoms with Gasteiger partial charge in [0.25, 0.3) is 0 Å². The lowest BCUT2D eigenvalue weighted by atomic mass is 10.0. The fraction of sp³-hybridized carbons (Fsp3) is 0.914. The van der Waals surface area contributed by atoms with Crippen molar-refractivity contribution in [3.63, 3.8) is 0 Å². The third-order valence-corrected chi connectivity index (χ3v) is 8.47. The van der Waals surface area contributed by atoms with Gasteiger partial charge in [0.05, 0.1) is 0 Å². The van der Waals surface area contributed by atoms with Crippen molar-refractivity contribution >= 4 is 26.0 Å². The van der Waals surface area contributed by atoms with Gasteiger partial charge in [-0.3, -0.25) is 14.4 Å². The van der Waals surface area contributed by atoms with Crippen LogP contribution in [0.3, 0.4) is 0 Å². The Morgan fingerprint density at radius 3 is 1.48 bits per heavy atom. The molecule has 0 aromatic rings. The van der Waals surface area contributed by atoms with Crippen LogP contribution in [0.15, 0.2) is 0 Å². The zero-order chi connectivity index (χ0) is 34.1. The predicted octanol–water partition coefficient (Wildman–Crippen LogP) is 7.15. The molecule has 10 nitrogen and oxygen atoms in total. The SMILES string of the molecule is CCCCCCCCCCCCCCCC(=O)O[C@H](COC(=O)CCCCCCCCCCCNC(=O)CCC)CO[P+]([O-])([O-])O. The van der Waals surface area contributed by atoms with Crippen LogP contribution in [0.2, 0.25) is 0 Å². The molecular weight excluding hydrogens is 609 g/mol. The Kier molecular flexibility index (Phi) is 31.3. The van der Waals surface area contributed by atoms with E-state index >= 15 is 0 Å². The first kappa shape index (κ1) is 44.7. The standard InChI is InChI=1S/C35H68NO9P/c1-3-5-6-7-8-9-10-11-12-14-18-21-24-28-35(39)45-32(31-44-46(40,41)42)30-43-34(38)27-23-20-17-15-13-16-19-22-25-29-36-33(37)26-4-2/h32H,3-31H2,1-2H3,(H,36,37)(H2,40,41,42)/p-1/t32-/m1/s1. The maximum atomic E-state index is 12.3. The summed E-state index contributed by atoms with van der Waals surface area (Å²) in [5.74, 6) is -0.820. The van der Waals surface area contributed by atoms with E-state index in [0.717, 1.165) is 83.6 Å². The number of unbranched alkanes of at least 4 members (excludes halogenated alkanes) is 20. The van der Waals surface area contributed by atoms with Crippen LogP contribution in [0.25, 0.3) is 0 Å². The first-order chi connectivity index (χ1) is 22.2. The normalized spacial score (nSPS) is 12.2. The molecule has 0 unspecified atom stereocenters. The Balaban J connectivity index is 3.93. The second kappa shape index (κ2) is 32.2. The first-order valence-corrected chi connectivity index (χ1v) is 20.0. The van der Waals surface area contributed by atoms with E-state index in [2.05, 4.69) is 16.8 Å². The largest absolute Gasteiger partial charge is 0.635 e. The van der Waals surface area contributed by atoms with Crippen LogP contribution in [0.4, 0.5) is 0 Å². The van der Waals surface area contributed by atoms with Crippen molar-refractivity contribution in [2.75, 3.05) is 19.8 Å². The summed E-state index contributed by atoms with van der Waals surface area (Å²) in [5.41, 5.74) is 0. The van der Waals surface area contributed by atoms with Crippen molar-refractivity contribution in [1.82, 2.24) is 5.32 Å². The van der Waals surface area contributed by atoms with E-state index in [1.165, 1.54) is 57.8 Å². The van der Waals surface area contributed by atoms with Crippen molar-refractivity contribution in [1.29, 1.82) is 0 Å². The molecule has 0 heterocycles. The molecule has 0 saturated heterocycles. The summed E-state index contributed by atoms with van der Waals surface area (Å²) in [7, 11) is -5.01. The van der Waals surface area contributed by atoms with Crippen LogP contribution >= 0.6 is 8.17 Å². The molecule has 2 N–H and O–H groups in total. The highest BCUT2D eigenvalue weighted by molar-refractivity contribution is 7.50. The van der Waals surface area contributed by atoms with Crippen molar-refractivity contribution < 1.29 is 43.1 Å². The quantitative estimate of drug-likeness (QED) is 0.0410. The van der Waals surface area contributed by atoms with Crippen LogP contribution in [0.1, 0.15) is 181 Å². The smallest absolute Gasteiger partial charge is 0.306 e. The molecule has 11 heteroatoms. The van der Waals surface area contributed by atoms with Crippen LogP contribution < -0.4 is 15.1 Å². The number of hydrogen-bond acceptors (Lipinski definition) is 9. The highest BCUT2D eigenvalue weighted by Crippen LogP contribution is 2.35. The zero-order valence-corrected chi connectivity index (χ0v) is 30.1. The van der Waals surface area contributed by atoms with Gasteiger partial charge >= 0.3 is 11.9 Å². The van der Waals surface area contributed by atoms with E-state index in [4.69, 9.17) is 14.4 Å². The van der Waals surface area contributed by atoms with Crippen molar-refractivity contribution in [2.45, 2.75) is 187 Å². The molecule has 0 fully saturated rings. The fourth-order valence-corrected chi connectivity index (χ4v) is 5.61. The Morgan fingerprint density at radius 2 is 1.02 bits per heavy atom. The maximum Gasteiger partial charge on any atom is 0.306 e. The minimum absolute atomic E-state index is 0.136. The highest BCUT2D eigenvalue weighted by Gasteiger charge is 2.21. The lowest BCUT2D eigenvalue weighted by Crippen LogP contribution is -2.33. The van der Waals surface area contributed by atoms with Crippen LogP contribution in [-0.2, 0) is 28.4 Å². The Morgan fingerprint density at radius 1 is 0.587 bits per heavy atom. The molecule has 0 rings (SSSR count). The number of amides is 1. The van der Waals surface area contributed by atoms with Gasteiger partial charge in [0.15, 0.2) is 14.3 Å². The number of phosphoric ester groups is 1. The van der Waals surface area contributed by atoms with Crippen molar-refractivity contribution in [3.05, 3.63) is 0 Å². The third kappa shape index (κ3) is 34.0. The Bertz CT molecular complexity index is 733. The highest BCUT2D eigenvalue weighted by atomic mass is 31.2. The number of ether oxygens (including phenoxy) is 2. The molecule has 0 radical (unpaired) electrons. The Labute approximate surface area is 280 Å². The van der Waals surface area contributed by atoms with E-state index < -0.39 is 32.8 Å². The molecule has 1 amide bonds. The topological polar surface area (TPSA) is 157 Å². The summed E-state index contributed by atoms with van der Waals surface area (Å²) >= 11 is 0. The number of carbonyl (C=O) groups is 3. The van der Waals surface area contributed by atoms with Crippen LogP contribution in [0.5, 0.6) is 0 Å². The zero-order valence-electron chi connectivity index (χ0n) is 29.2. The van der Waals surface area contributed by atoms with E-state index in [1.807, 2.05) is 6.92 Å². The molecule has 0 aliphatic rings. The second-order valence-corrected chi connectivity index (χ2v) is 13.8. The third-order valence-electron chi connectivity index (χ3n) is 7.99. The number of esters is 2. The molecule has 1 atom stereocenters. The van der Waals surface area contributed by atoms with Crippen molar-refractivity contribution in [2.24, 2.45) is 0 Å². The summed E-state index contributed by atoms with van der Waals surface area (Å²) in [4.78, 5) is 66.9. The molecule has 272 valence electrons. The van der Waals surface area contributed by atoms with Crippen molar-refractivity contribution in [3.8, 4) is 0 Å². The van der Waals surface area contributed by atoms with Gasteiger partial charge in [0.2, 0.25) is 5.91 Å².